The third-order valence-corrected chi connectivity index (χ3v) is 6.12. The van der Waals surface area contributed by atoms with Crippen LogP contribution in [-0.4, -0.2) is 32.4 Å². The summed E-state index contributed by atoms with van der Waals surface area (Å²) in [5, 5.41) is 0. The van der Waals surface area contributed by atoms with Crippen molar-refractivity contribution in [3.63, 3.8) is 0 Å². The highest BCUT2D eigenvalue weighted by molar-refractivity contribution is 7.90. The molecule has 1 unspecified atom stereocenters. The van der Waals surface area contributed by atoms with Crippen molar-refractivity contribution in [2.45, 2.75) is 39.7 Å². The fraction of sp³-hybridized carbons (Fsp3) is 0.600. The van der Waals surface area contributed by atoms with Gasteiger partial charge in [0.15, 0.2) is 0 Å². The number of nitrogens with two attached hydrogens (primary N) is 1. The molecular weight excluding hydrogens is 286 g/mol. The minimum atomic E-state index is -3.44. The maximum Gasteiger partial charge on any atom is 0.304 e. The fourth-order valence-corrected chi connectivity index (χ4v) is 4.51. The molecule has 0 aliphatic carbocycles. The van der Waals surface area contributed by atoms with Crippen LogP contribution in [0.25, 0.3) is 0 Å². The first-order valence-corrected chi connectivity index (χ1v) is 8.97. The molecule has 118 valence electrons. The summed E-state index contributed by atoms with van der Waals surface area (Å²) < 4.78 is 28.6. The Balaban J connectivity index is 2.43. The van der Waals surface area contributed by atoms with E-state index in [-0.39, 0.29) is 6.04 Å². The first-order chi connectivity index (χ1) is 9.91. The van der Waals surface area contributed by atoms with Gasteiger partial charge in [-0.1, -0.05) is 26.0 Å². The summed E-state index contributed by atoms with van der Waals surface area (Å²) in [6.07, 6.45) is 1.75. The Morgan fingerprint density at radius 2 is 2.00 bits per heavy atom. The Kier molecular flexibility index (Phi) is 4.91. The van der Waals surface area contributed by atoms with Gasteiger partial charge in [-0.3, -0.25) is 4.31 Å². The average Bonchev–Trinajstić information content (AvgIpc) is 2.46. The van der Waals surface area contributed by atoms with Crippen molar-refractivity contribution >= 4 is 15.9 Å². The van der Waals surface area contributed by atoms with E-state index in [1.807, 2.05) is 39.0 Å². The zero-order valence-electron chi connectivity index (χ0n) is 13.0. The summed E-state index contributed by atoms with van der Waals surface area (Å²) in [5.41, 5.74) is 8.85. The van der Waals surface area contributed by atoms with Gasteiger partial charge in [0, 0.05) is 25.7 Å². The highest BCUT2D eigenvalue weighted by atomic mass is 32.2. The zero-order chi connectivity index (χ0) is 15.6. The molecule has 1 aromatic rings. The number of anilines is 1. The van der Waals surface area contributed by atoms with Crippen LogP contribution >= 0.6 is 0 Å². The van der Waals surface area contributed by atoms with E-state index < -0.39 is 10.2 Å². The van der Waals surface area contributed by atoms with E-state index in [0.717, 1.165) is 29.7 Å². The fourth-order valence-electron chi connectivity index (χ4n) is 2.79. The molecule has 0 fully saturated rings. The molecule has 1 aromatic carbocycles. The van der Waals surface area contributed by atoms with Crippen molar-refractivity contribution in [2.75, 3.05) is 23.9 Å². The Hall–Kier alpha value is -1.11. The lowest BCUT2D eigenvalue weighted by Gasteiger charge is -2.34. The number of aryl methyl sites for hydroxylation is 1. The van der Waals surface area contributed by atoms with Gasteiger partial charge in [-0.25, -0.2) is 0 Å². The second kappa shape index (κ2) is 6.34. The molecule has 0 saturated heterocycles. The van der Waals surface area contributed by atoms with Gasteiger partial charge >= 0.3 is 10.2 Å². The van der Waals surface area contributed by atoms with Crippen LogP contribution in [0.1, 0.15) is 44.4 Å². The van der Waals surface area contributed by atoms with Crippen LogP contribution in [0.2, 0.25) is 0 Å². The van der Waals surface area contributed by atoms with Gasteiger partial charge in [-0.15, -0.1) is 0 Å². The van der Waals surface area contributed by atoms with Crippen LogP contribution in [0.15, 0.2) is 18.2 Å². The molecule has 6 heteroatoms. The summed E-state index contributed by atoms with van der Waals surface area (Å²) in [6, 6.07) is 5.84. The van der Waals surface area contributed by atoms with E-state index in [9.17, 15) is 8.42 Å². The van der Waals surface area contributed by atoms with Crippen molar-refractivity contribution in [3.05, 3.63) is 29.3 Å². The molecule has 0 amide bonds. The average molecular weight is 311 g/mol. The number of benzene rings is 1. The molecule has 1 aliphatic rings. The Morgan fingerprint density at radius 1 is 1.33 bits per heavy atom. The molecule has 1 heterocycles. The second-order valence-electron chi connectivity index (χ2n) is 5.44. The predicted molar refractivity (Wildman–Crippen MR) is 86.6 cm³/mol. The Labute approximate surface area is 127 Å². The lowest BCUT2D eigenvalue weighted by atomic mass is 9.98. The molecule has 0 bridgehead atoms. The number of hydrogen-bond acceptors (Lipinski definition) is 3. The maximum atomic E-state index is 12.8. The van der Waals surface area contributed by atoms with Crippen molar-refractivity contribution in [1.82, 2.24) is 4.31 Å². The quantitative estimate of drug-likeness (QED) is 0.905. The van der Waals surface area contributed by atoms with Crippen LogP contribution in [0.4, 0.5) is 5.69 Å². The van der Waals surface area contributed by atoms with Crippen molar-refractivity contribution < 1.29 is 8.42 Å². The van der Waals surface area contributed by atoms with Crippen molar-refractivity contribution in [2.24, 2.45) is 5.73 Å². The Bertz CT molecular complexity index is 595. The van der Waals surface area contributed by atoms with E-state index >= 15 is 0 Å². The number of nitrogens with zero attached hydrogens (tertiary/aromatic N) is 2. The van der Waals surface area contributed by atoms with Crippen LogP contribution in [0.5, 0.6) is 0 Å². The molecule has 0 saturated carbocycles. The second-order valence-corrected chi connectivity index (χ2v) is 7.30. The summed E-state index contributed by atoms with van der Waals surface area (Å²) in [6.45, 7) is 7.19. The maximum absolute atomic E-state index is 12.8. The molecule has 0 aromatic heterocycles. The van der Waals surface area contributed by atoms with E-state index in [1.165, 1.54) is 4.31 Å². The lowest BCUT2D eigenvalue weighted by Crippen LogP contribution is -2.46. The zero-order valence-corrected chi connectivity index (χ0v) is 13.9. The normalized spacial score (nSPS) is 16.9. The molecule has 0 spiro atoms. The van der Waals surface area contributed by atoms with Crippen molar-refractivity contribution in [1.29, 1.82) is 0 Å². The van der Waals surface area contributed by atoms with Crippen LogP contribution < -0.4 is 10.0 Å². The first-order valence-electron chi connectivity index (χ1n) is 7.58. The Morgan fingerprint density at radius 3 is 2.57 bits per heavy atom. The third kappa shape index (κ3) is 3.07. The van der Waals surface area contributed by atoms with Crippen molar-refractivity contribution in [3.8, 4) is 0 Å². The SMILES string of the molecule is CCN(CC)S(=O)(=O)N1CCCc2cc(C(C)N)ccc21. The van der Waals surface area contributed by atoms with Gasteiger partial charge in [0.05, 0.1) is 5.69 Å². The highest BCUT2D eigenvalue weighted by Crippen LogP contribution is 2.32. The molecule has 2 N–H and O–H groups in total. The minimum absolute atomic E-state index is 0.0370. The molecular formula is C15H25N3O2S. The molecule has 1 aliphatic heterocycles. The van der Waals surface area contributed by atoms with Gasteiger partial charge in [0.2, 0.25) is 0 Å². The topological polar surface area (TPSA) is 66.6 Å². The van der Waals surface area contributed by atoms with Gasteiger partial charge < -0.3 is 5.73 Å². The predicted octanol–water partition coefficient (Wildman–Crippen LogP) is 2.05. The minimum Gasteiger partial charge on any atom is -0.324 e. The standard InChI is InChI=1S/C15H25N3O2S/c1-4-17(5-2)21(19,20)18-10-6-7-14-11-13(12(3)16)8-9-15(14)18/h8-9,11-12H,4-7,10,16H2,1-3H3. The summed E-state index contributed by atoms with van der Waals surface area (Å²) >= 11 is 0. The van der Waals surface area contributed by atoms with Crippen LogP contribution in [0, 0.1) is 0 Å². The van der Waals surface area contributed by atoms with Crippen LogP contribution in [0.3, 0.4) is 0 Å². The smallest absolute Gasteiger partial charge is 0.304 e. The van der Waals surface area contributed by atoms with E-state index in [4.69, 9.17) is 5.73 Å². The van der Waals surface area contributed by atoms with E-state index in [2.05, 4.69) is 0 Å². The molecule has 5 nitrogen and oxygen atoms in total. The van der Waals surface area contributed by atoms with E-state index in [0.29, 0.717) is 19.6 Å². The lowest BCUT2D eigenvalue weighted by molar-refractivity contribution is 0.440. The van der Waals surface area contributed by atoms with Gasteiger partial charge in [-0.05, 0) is 37.0 Å². The molecule has 1 atom stereocenters. The monoisotopic (exact) mass is 311 g/mol. The summed E-state index contributed by atoms with van der Waals surface area (Å²) in [7, 11) is -3.44. The number of hydrogen-bond donors (Lipinski definition) is 1. The summed E-state index contributed by atoms with van der Waals surface area (Å²) in [5.74, 6) is 0. The highest BCUT2D eigenvalue weighted by Gasteiger charge is 2.31. The largest absolute Gasteiger partial charge is 0.324 e. The number of rotatable bonds is 5. The van der Waals surface area contributed by atoms with E-state index in [1.54, 1.807) is 4.31 Å². The summed E-state index contributed by atoms with van der Waals surface area (Å²) in [4.78, 5) is 0. The molecule has 2 rings (SSSR count). The molecule has 0 radical (unpaired) electrons. The van der Waals surface area contributed by atoms with Gasteiger partial charge in [0.1, 0.15) is 0 Å². The van der Waals surface area contributed by atoms with Gasteiger partial charge in [-0.2, -0.15) is 12.7 Å². The molecule has 21 heavy (non-hydrogen) atoms. The first kappa shape index (κ1) is 16.3. The third-order valence-electron chi connectivity index (χ3n) is 4.02. The van der Waals surface area contributed by atoms with Gasteiger partial charge in [0.25, 0.3) is 0 Å². The van der Waals surface area contributed by atoms with Crippen LogP contribution in [-0.2, 0) is 16.6 Å². The number of fused-ring (bicyclic) bond motifs is 1.